The van der Waals surface area contributed by atoms with Crippen molar-refractivity contribution in [2.45, 2.75) is 13.0 Å². The molecule has 16 heavy (non-hydrogen) atoms. The number of nitro benzene ring substituents is 1. The average Bonchev–Trinajstić information content (AvgIpc) is 2.15. The predicted octanol–water partition coefficient (Wildman–Crippen LogP) is 1.48. The lowest BCUT2D eigenvalue weighted by Gasteiger charge is -2.09. The molecule has 0 radical (unpaired) electrons. The molecule has 0 aliphatic heterocycles. The third-order valence-corrected chi connectivity index (χ3v) is 2.37. The van der Waals surface area contributed by atoms with E-state index in [-0.39, 0.29) is 5.69 Å². The van der Waals surface area contributed by atoms with E-state index >= 15 is 0 Å². The Kier molecular flexibility index (Phi) is 3.58. The number of hydrogen-bond donors (Lipinski definition) is 1. The first-order valence-electron chi connectivity index (χ1n) is 4.19. The first kappa shape index (κ1) is 12.6. The van der Waals surface area contributed by atoms with E-state index in [1.807, 2.05) is 0 Å². The molecular formula is C8H9NO6S. The number of rotatable bonds is 4. The van der Waals surface area contributed by atoms with Crippen LogP contribution in [0.2, 0.25) is 0 Å². The monoisotopic (exact) mass is 247 g/mol. The summed E-state index contributed by atoms with van der Waals surface area (Å²) >= 11 is 0. The van der Waals surface area contributed by atoms with Crippen LogP contribution in [0.5, 0.6) is 0 Å². The molecular weight excluding hydrogens is 238 g/mol. The molecule has 0 bridgehead atoms. The molecule has 8 heteroatoms. The van der Waals surface area contributed by atoms with E-state index in [9.17, 15) is 18.5 Å². The van der Waals surface area contributed by atoms with Gasteiger partial charge in [-0.15, -0.1) is 0 Å². The Morgan fingerprint density at radius 3 is 2.25 bits per heavy atom. The van der Waals surface area contributed by atoms with Crippen LogP contribution in [0.3, 0.4) is 0 Å². The van der Waals surface area contributed by atoms with Gasteiger partial charge < -0.3 is 0 Å². The highest BCUT2D eigenvalue weighted by Crippen LogP contribution is 2.21. The molecule has 0 saturated carbocycles. The van der Waals surface area contributed by atoms with Crippen molar-refractivity contribution >= 4 is 16.1 Å². The first-order valence-corrected chi connectivity index (χ1v) is 5.56. The van der Waals surface area contributed by atoms with E-state index in [1.54, 1.807) is 0 Å². The maximum Gasteiger partial charge on any atom is 0.397 e. The van der Waals surface area contributed by atoms with Crippen molar-refractivity contribution < 1.29 is 22.1 Å². The molecule has 0 aliphatic rings. The summed E-state index contributed by atoms with van der Waals surface area (Å²) in [5, 5.41) is 10.3. The van der Waals surface area contributed by atoms with Gasteiger partial charge in [0.25, 0.3) is 5.69 Å². The number of hydrogen-bond acceptors (Lipinski definition) is 5. The minimum Gasteiger partial charge on any atom is -0.264 e. The number of nitrogens with zero attached hydrogens (tertiary/aromatic N) is 1. The summed E-state index contributed by atoms with van der Waals surface area (Å²) in [6.07, 6.45) is -0.907. The van der Waals surface area contributed by atoms with Gasteiger partial charge in [0.05, 0.1) is 4.92 Å². The van der Waals surface area contributed by atoms with E-state index in [0.29, 0.717) is 5.56 Å². The second-order valence-electron chi connectivity index (χ2n) is 3.01. The topological polar surface area (TPSA) is 107 Å². The van der Waals surface area contributed by atoms with Crippen molar-refractivity contribution in [2.75, 3.05) is 0 Å². The van der Waals surface area contributed by atoms with Gasteiger partial charge in [0, 0.05) is 12.1 Å². The molecule has 88 valence electrons. The number of non-ortho nitro benzene ring substituents is 1. The summed E-state index contributed by atoms with van der Waals surface area (Å²) in [6.45, 7) is 1.40. The van der Waals surface area contributed by atoms with Crippen LogP contribution in [0.1, 0.15) is 18.6 Å². The summed E-state index contributed by atoms with van der Waals surface area (Å²) in [5.74, 6) is 0. The number of nitro groups is 1. The molecule has 0 saturated heterocycles. The molecule has 1 N–H and O–H groups in total. The lowest BCUT2D eigenvalue weighted by atomic mass is 10.1. The molecule has 0 aromatic heterocycles. The molecule has 0 spiro atoms. The Morgan fingerprint density at radius 2 is 1.88 bits per heavy atom. The molecule has 7 nitrogen and oxygen atoms in total. The fourth-order valence-electron chi connectivity index (χ4n) is 1.11. The van der Waals surface area contributed by atoms with E-state index in [1.165, 1.54) is 31.2 Å². The Bertz CT molecular complexity index is 480. The highest BCUT2D eigenvalue weighted by atomic mass is 32.3. The van der Waals surface area contributed by atoms with Crippen LogP contribution in [0.15, 0.2) is 24.3 Å². The summed E-state index contributed by atoms with van der Waals surface area (Å²) in [6, 6.07) is 5.15. The molecule has 1 aromatic carbocycles. The smallest absolute Gasteiger partial charge is 0.264 e. The molecule has 0 fully saturated rings. The lowest BCUT2D eigenvalue weighted by molar-refractivity contribution is -0.384. The van der Waals surface area contributed by atoms with Crippen molar-refractivity contribution in [3.63, 3.8) is 0 Å². The fraction of sp³-hybridized carbons (Fsp3) is 0.250. The van der Waals surface area contributed by atoms with Crippen LogP contribution in [-0.2, 0) is 14.6 Å². The average molecular weight is 247 g/mol. The van der Waals surface area contributed by atoms with E-state index in [0.717, 1.165) is 0 Å². The van der Waals surface area contributed by atoms with Gasteiger partial charge in [-0.1, -0.05) is 0 Å². The van der Waals surface area contributed by atoms with Gasteiger partial charge in [0.15, 0.2) is 0 Å². The minimum absolute atomic E-state index is 0.109. The third-order valence-electron chi connectivity index (χ3n) is 1.84. The second-order valence-corrected chi connectivity index (χ2v) is 4.06. The molecule has 0 heterocycles. The normalized spacial score (nSPS) is 13.4. The standard InChI is InChI=1S/C8H9NO6S/c1-6(15-16(12,13)14)7-2-4-8(5-3-7)9(10)11/h2-6H,1H3,(H,12,13,14). The molecule has 1 unspecified atom stereocenters. The highest BCUT2D eigenvalue weighted by molar-refractivity contribution is 7.80. The van der Waals surface area contributed by atoms with Crippen LogP contribution in [0.4, 0.5) is 5.69 Å². The van der Waals surface area contributed by atoms with Crippen LogP contribution >= 0.6 is 0 Å². The minimum atomic E-state index is -4.53. The van der Waals surface area contributed by atoms with Crippen LogP contribution in [0, 0.1) is 10.1 Å². The van der Waals surface area contributed by atoms with E-state index < -0.39 is 21.4 Å². The highest BCUT2D eigenvalue weighted by Gasteiger charge is 2.15. The molecule has 0 aliphatic carbocycles. The van der Waals surface area contributed by atoms with Gasteiger partial charge >= 0.3 is 10.4 Å². The Hall–Kier alpha value is -1.51. The predicted molar refractivity (Wildman–Crippen MR) is 54.1 cm³/mol. The zero-order chi connectivity index (χ0) is 12.3. The van der Waals surface area contributed by atoms with Gasteiger partial charge in [0.1, 0.15) is 6.10 Å². The largest absolute Gasteiger partial charge is 0.397 e. The van der Waals surface area contributed by atoms with Crippen molar-refractivity contribution in [3.05, 3.63) is 39.9 Å². The van der Waals surface area contributed by atoms with Crippen LogP contribution < -0.4 is 0 Å². The molecule has 1 aromatic rings. The lowest BCUT2D eigenvalue weighted by Crippen LogP contribution is -2.08. The maximum atomic E-state index is 10.4. The summed E-state index contributed by atoms with van der Waals surface area (Å²) in [4.78, 5) is 9.78. The number of benzene rings is 1. The SMILES string of the molecule is CC(OS(=O)(=O)O)c1ccc([N+](=O)[O-])cc1. The Labute approximate surface area is 91.8 Å². The summed E-state index contributed by atoms with van der Waals surface area (Å²) in [5.41, 5.74) is 0.297. The molecule has 1 rings (SSSR count). The molecule has 0 amide bonds. The van der Waals surface area contributed by atoms with Crippen LogP contribution in [0.25, 0.3) is 0 Å². The first-order chi connectivity index (χ1) is 7.29. The summed E-state index contributed by atoms with van der Waals surface area (Å²) < 4.78 is 33.5. The zero-order valence-electron chi connectivity index (χ0n) is 8.23. The Balaban J connectivity index is 2.86. The maximum absolute atomic E-state index is 10.4. The molecule has 1 atom stereocenters. The van der Waals surface area contributed by atoms with Crippen LogP contribution in [-0.4, -0.2) is 17.9 Å². The van der Waals surface area contributed by atoms with Gasteiger partial charge in [-0.2, -0.15) is 8.42 Å². The van der Waals surface area contributed by atoms with Crippen molar-refractivity contribution in [3.8, 4) is 0 Å². The van der Waals surface area contributed by atoms with Gasteiger partial charge in [-0.25, -0.2) is 4.18 Å². The van der Waals surface area contributed by atoms with Gasteiger partial charge in [-0.3, -0.25) is 14.7 Å². The quantitative estimate of drug-likeness (QED) is 0.490. The Morgan fingerprint density at radius 1 is 1.38 bits per heavy atom. The third kappa shape index (κ3) is 3.57. The van der Waals surface area contributed by atoms with E-state index in [4.69, 9.17) is 4.55 Å². The van der Waals surface area contributed by atoms with Crippen molar-refractivity contribution in [1.82, 2.24) is 0 Å². The summed E-state index contributed by atoms with van der Waals surface area (Å²) in [7, 11) is -4.53. The van der Waals surface area contributed by atoms with Gasteiger partial charge in [-0.05, 0) is 24.6 Å². The van der Waals surface area contributed by atoms with Gasteiger partial charge in [0.2, 0.25) is 0 Å². The van der Waals surface area contributed by atoms with E-state index in [2.05, 4.69) is 4.18 Å². The fourth-order valence-corrected chi connectivity index (χ4v) is 1.58. The second kappa shape index (κ2) is 4.56. The zero-order valence-corrected chi connectivity index (χ0v) is 9.05. The van der Waals surface area contributed by atoms with Crippen molar-refractivity contribution in [2.24, 2.45) is 0 Å². The van der Waals surface area contributed by atoms with Crippen molar-refractivity contribution in [1.29, 1.82) is 0 Å².